The van der Waals surface area contributed by atoms with Crippen LogP contribution in [0.1, 0.15) is 58.8 Å². The molecule has 0 aromatic heterocycles. The molecule has 0 aromatic rings. The third-order valence-corrected chi connectivity index (χ3v) is 6.56. The topological polar surface area (TPSA) is 74.2 Å². The van der Waals surface area contributed by atoms with E-state index in [9.17, 15) is 14.3 Å². The van der Waals surface area contributed by atoms with E-state index in [4.69, 9.17) is 4.74 Å². The maximum Gasteiger partial charge on any atom is 0.310 e. The number of nitrogens with zero attached hydrogens (tertiary/aromatic N) is 2. The van der Waals surface area contributed by atoms with Crippen molar-refractivity contribution in [3.8, 4) is 0 Å². The number of carboxylic acid groups (broad SMARTS) is 1. The zero-order valence-electron chi connectivity index (χ0n) is 18.3. The quantitative estimate of drug-likeness (QED) is 0.301. The number of hydrogen-bond acceptors (Lipinski definition) is 5. The van der Waals surface area contributed by atoms with Crippen LogP contribution in [0.4, 0.5) is 4.39 Å². The molecule has 1 saturated heterocycles. The second-order valence-corrected chi connectivity index (χ2v) is 9.28. The first-order valence-corrected chi connectivity index (χ1v) is 11.2. The van der Waals surface area contributed by atoms with Gasteiger partial charge in [-0.2, -0.15) is 0 Å². The number of likely N-dealkylation sites (tertiary alicyclic amines) is 1. The lowest BCUT2D eigenvalue weighted by molar-refractivity contribution is -0.144. The highest BCUT2D eigenvalue weighted by molar-refractivity contribution is 5.78. The van der Waals surface area contributed by atoms with Gasteiger partial charge in [0, 0.05) is 31.5 Å². The summed E-state index contributed by atoms with van der Waals surface area (Å²) in [7, 11) is 0. The predicted octanol–water partition coefficient (Wildman–Crippen LogP) is 3.90. The fourth-order valence-corrected chi connectivity index (χ4v) is 3.95. The van der Waals surface area contributed by atoms with Crippen LogP contribution in [0.2, 0.25) is 0 Å². The van der Waals surface area contributed by atoms with Crippen LogP contribution in [0, 0.1) is 10.8 Å². The van der Waals surface area contributed by atoms with Gasteiger partial charge in [-0.05, 0) is 64.1 Å². The van der Waals surface area contributed by atoms with Crippen LogP contribution >= 0.6 is 0 Å². The van der Waals surface area contributed by atoms with Gasteiger partial charge in [-0.1, -0.05) is 13.0 Å². The Kier molecular flexibility index (Phi) is 7.69. The van der Waals surface area contributed by atoms with Gasteiger partial charge in [0.25, 0.3) is 0 Å². The highest BCUT2D eigenvalue weighted by Gasteiger charge is 2.51. The van der Waals surface area contributed by atoms with Crippen LogP contribution in [0.25, 0.3) is 0 Å². The summed E-state index contributed by atoms with van der Waals surface area (Å²) in [5.41, 5.74) is -0.505. The number of aliphatic carboxylic acids is 1. The standard InChI is InChI=1S/C23H36FN3O3/c1-3-4-5-19(24)14-25-18(2)30-17-22(15-26-20-6-7-20)10-12-27(13-11-22)16-23(8-9-23)21(28)29/h4-5,14,20,26H,3,6-13,15-17H2,1-2H3,(H,28,29)/b5-4+,19-14+,25-18?. The summed E-state index contributed by atoms with van der Waals surface area (Å²) in [6.07, 6.45) is 11.1. The average Bonchev–Trinajstić information content (AvgIpc) is 3.65. The van der Waals surface area contributed by atoms with E-state index in [2.05, 4.69) is 15.2 Å². The molecular formula is C23H36FN3O3. The molecule has 7 heteroatoms. The van der Waals surface area contributed by atoms with Crippen molar-refractivity contribution in [3.05, 3.63) is 24.2 Å². The number of ether oxygens (including phenoxy) is 1. The molecule has 6 nitrogen and oxygen atoms in total. The lowest BCUT2D eigenvalue weighted by Gasteiger charge is -2.42. The summed E-state index contributed by atoms with van der Waals surface area (Å²) in [6, 6.07) is 0.624. The lowest BCUT2D eigenvalue weighted by Crippen LogP contribution is -2.49. The van der Waals surface area contributed by atoms with E-state index in [1.165, 1.54) is 25.1 Å². The number of piperidine rings is 1. The van der Waals surface area contributed by atoms with Crippen molar-refractivity contribution in [2.24, 2.45) is 15.8 Å². The van der Waals surface area contributed by atoms with Crippen LogP contribution in [0.3, 0.4) is 0 Å². The molecule has 3 rings (SSSR count). The third-order valence-electron chi connectivity index (χ3n) is 6.56. The second-order valence-electron chi connectivity index (χ2n) is 9.28. The minimum Gasteiger partial charge on any atom is -0.481 e. The number of hydrogen-bond donors (Lipinski definition) is 2. The molecular weight excluding hydrogens is 385 g/mol. The predicted molar refractivity (Wildman–Crippen MR) is 116 cm³/mol. The molecule has 3 fully saturated rings. The number of aliphatic imine (C=N–C) groups is 1. The van der Waals surface area contributed by atoms with E-state index in [-0.39, 0.29) is 11.2 Å². The molecule has 0 bridgehead atoms. The average molecular weight is 422 g/mol. The molecule has 3 aliphatic rings. The normalized spacial score (nSPS) is 24.2. The van der Waals surface area contributed by atoms with E-state index in [0.717, 1.165) is 51.7 Å². The second kappa shape index (κ2) is 10.1. The Balaban J connectivity index is 1.53. The SMILES string of the molecule is CC/C=C/C(F)=C\N=C(C)OCC1(CNC2CC2)CCN(CC2(C(=O)O)CC2)CC1. The first kappa shape index (κ1) is 22.9. The summed E-state index contributed by atoms with van der Waals surface area (Å²) in [5, 5.41) is 13.1. The number of carbonyl (C=O) groups is 1. The number of halogens is 1. The fraction of sp³-hybridized carbons (Fsp3) is 0.739. The van der Waals surface area contributed by atoms with Gasteiger partial charge in [0.15, 0.2) is 5.90 Å². The molecule has 0 aromatic carbocycles. The van der Waals surface area contributed by atoms with Crippen molar-refractivity contribution < 1.29 is 19.0 Å². The van der Waals surface area contributed by atoms with Crippen LogP contribution in [0.5, 0.6) is 0 Å². The minimum absolute atomic E-state index is 0.000179. The smallest absolute Gasteiger partial charge is 0.310 e. The van der Waals surface area contributed by atoms with Crippen molar-refractivity contribution in [2.75, 3.05) is 32.8 Å². The molecule has 0 atom stereocenters. The minimum atomic E-state index is -0.654. The Hall–Kier alpha value is -1.73. The van der Waals surface area contributed by atoms with Gasteiger partial charge in [0.1, 0.15) is 5.83 Å². The van der Waals surface area contributed by atoms with E-state index >= 15 is 0 Å². The maximum absolute atomic E-state index is 13.6. The Morgan fingerprint density at radius 1 is 1.30 bits per heavy atom. The number of carboxylic acids is 1. The molecule has 2 aliphatic carbocycles. The van der Waals surface area contributed by atoms with Gasteiger partial charge >= 0.3 is 5.97 Å². The first-order chi connectivity index (χ1) is 14.4. The molecule has 1 heterocycles. The van der Waals surface area contributed by atoms with Gasteiger partial charge in [0.2, 0.25) is 0 Å². The van der Waals surface area contributed by atoms with Crippen LogP contribution < -0.4 is 5.32 Å². The highest BCUT2D eigenvalue weighted by atomic mass is 19.1. The van der Waals surface area contributed by atoms with Crippen molar-refractivity contribution in [2.45, 2.75) is 64.8 Å². The van der Waals surface area contributed by atoms with Crippen molar-refractivity contribution in [1.29, 1.82) is 0 Å². The van der Waals surface area contributed by atoms with Crippen molar-refractivity contribution in [3.63, 3.8) is 0 Å². The monoisotopic (exact) mass is 421 g/mol. The van der Waals surface area contributed by atoms with Gasteiger partial charge in [-0.15, -0.1) is 0 Å². The zero-order chi connectivity index (χ0) is 21.6. The molecule has 0 amide bonds. The molecule has 30 heavy (non-hydrogen) atoms. The fourth-order valence-electron chi connectivity index (χ4n) is 3.95. The molecule has 0 unspecified atom stereocenters. The number of rotatable bonds is 11. The first-order valence-electron chi connectivity index (χ1n) is 11.2. The molecule has 1 aliphatic heterocycles. The third kappa shape index (κ3) is 6.64. The van der Waals surface area contributed by atoms with E-state index < -0.39 is 11.4 Å². The van der Waals surface area contributed by atoms with Gasteiger partial charge in [0.05, 0.1) is 18.2 Å². The van der Waals surface area contributed by atoms with Crippen LogP contribution in [-0.4, -0.2) is 60.7 Å². The zero-order valence-corrected chi connectivity index (χ0v) is 18.3. The molecule has 0 radical (unpaired) electrons. The van der Waals surface area contributed by atoms with Gasteiger partial charge in [-0.3, -0.25) is 4.79 Å². The number of nitrogens with one attached hydrogen (secondary N) is 1. The summed E-state index contributed by atoms with van der Waals surface area (Å²) < 4.78 is 19.6. The Bertz CT molecular complexity index is 688. The van der Waals surface area contributed by atoms with Crippen molar-refractivity contribution in [1.82, 2.24) is 10.2 Å². The Morgan fingerprint density at radius 2 is 2.00 bits per heavy atom. The highest BCUT2D eigenvalue weighted by Crippen LogP contribution is 2.47. The summed E-state index contributed by atoms with van der Waals surface area (Å²) in [5.74, 6) is -0.573. The summed E-state index contributed by atoms with van der Waals surface area (Å²) >= 11 is 0. The van der Waals surface area contributed by atoms with Crippen LogP contribution in [-0.2, 0) is 9.53 Å². The molecule has 2 N–H and O–H groups in total. The van der Waals surface area contributed by atoms with Crippen LogP contribution in [0.15, 0.2) is 29.2 Å². The largest absolute Gasteiger partial charge is 0.481 e. The summed E-state index contributed by atoms with van der Waals surface area (Å²) in [6.45, 7) is 7.58. The van der Waals surface area contributed by atoms with E-state index in [1.807, 2.05) is 6.92 Å². The molecule has 168 valence electrons. The van der Waals surface area contributed by atoms with Crippen molar-refractivity contribution >= 4 is 11.9 Å². The molecule has 0 spiro atoms. The Labute approximate surface area is 179 Å². The van der Waals surface area contributed by atoms with Gasteiger partial charge in [-0.25, -0.2) is 9.38 Å². The number of allylic oxidation sites excluding steroid dienone is 3. The molecule has 2 saturated carbocycles. The maximum atomic E-state index is 13.6. The van der Waals surface area contributed by atoms with E-state index in [1.54, 1.807) is 13.0 Å². The van der Waals surface area contributed by atoms with E-state index in [0.29, 0.717) is 25.1 Å². The Morgan fingerprint density at radius 3 is 2.57 bits per heavy atom. The summed E-state index contributed by atoms with van der Waals surface area (Å²) in [4.78, 5) is 17.9. The van der Waals surface area contributed by atoms with Gasteiger partial charge < -0.3 is 20.1 Å². The lowest BCUT2D eigenvalue weighted by atomic mass is 9.78.